The van der Waals surface area contributed by atoms with Crippen molar-refractivity contribution in [3.05, 3.63) is 76.3 Å². The highest BCUT2D eigenvalue weighted by atomic mass is 35.5. The molecule has 0 bridgehead atoms. The SMILES string of the molecule is CC1=NC(C)C(CCCc2ccccc2)(C(N)=O)C(c2cccc(Cl)c2)=C1C(=O)N1CCNCC1. The Balaban J connectivity index is 1.85. The molecule has 0 spiro atoms. The van der Waals surface area contributed by atoms with E-state index in [-0.39, 0.29) is 5.91 Å². The fourth-order valence-corrected chi connectivity index (χ4v) is 5.60. The van der Waals surface area contributed by atoms with E-state index in [2.05, 4.69) is 17.4 Å². The van der Waals surface area contributed by atoms with Crippen LogP contribution in [0.15, 0.2) is 65.2 Å². The molecule has 2 aliphatic rings. The van der Waals surface area contributed by atoms with Gasteiger partial charge in [-0.2, -0.15) is 0 Å². The van der Waals surface area contributed by atoms with E-state index in [1.807, 2.05) is 55.1 Å². The van der Waals surface area contributed by atoms with Gasteiger partial charge in [0.05, 0.1) is 17.0 Å². The molecule has 4 rings (SSSR count). The molecular weight excluding hydrogens is 460 g/mol. The molecule has 35 heavy (non-hydrogen) atoms. The number of carbonyl (C=O) groups excluding carboxylic acids is 2. The zero-order valence-corrected chi connectivity index (χ0v) is 21.1. The van der Waals surface area contributed by atoms with Crippen molar-refractivity contribution >= 4 is 34.7 Å². The molecule has 2 aromatic carbocycles. The maximum atomic E-state index is 13.9. The number of primary amides is 1. The Morgan fingerprint density at radius 3 is 2.51 bits per heavy atom. The van der Waals surface area contributed by atoms with Crippen LogP contribution in [-0.4, -0.2) is 54.6 Å². The monoisotopic (exact) mass is 492 g/mol. The van der Waals surface area contributed by atoms with Crippen molar-refractivity contribution < 1.29 is 9.59 Å². The van der Waals surface area contributed by atoms with E-state index in [1.54, 1.807) is 6.07 Å². The third-order valence-corrected chi connectivity index (χ3v) is 7.44. The van der Waals surface area contributed by atoms with Crippen molar-refractivity contribution in [3.8, 4) is 0 Å². The Kier molecular flexibility index (Phi) is 7.72. The maximum absolute atomic E-state index is 13.9. The predicted molar refractivity (Wildman–Crippen MR) is 141 cm³/mol. The maximum Gasteiger partial charge on any atom is 0.256 e. The number of benzene rings is 2. The fraction of sp³-hybridized carbons (Fsp3) is 0.393. The largest absolute Gasteiger partial charge is 0.369 e. The molecule has 2 unspecified atom stereocenters. The molecular formula is C28H33ClN4O2. The lowest BCUT2D eigenvalue weighted by Gasteiger charge is -2.42. The number of aryl methyl sites for hydroxylation is 1. The zero-order valence-electron chi connectivity index (χ0n) is 20.4. The molecule has 7 heteroatoms. The first-order chi connectivity index (χ1) is 16.8. The van der Waals surface area contributed by atoms with Gasteiger partial charge in [0, 0.05) is 36.9 Å². The highest BCUT2D eigenvalue weighted by Gasteiger charge is 2.50. The first kappa shape index (κ1) is 25.1. The van der Waals surface area contributed by atoms with Gasteiger partial charge in [0.25, 0.3) is 5.91 Å². The van der Waals surface area contributed by atoms with Gasteiger partial charge in [0.1, 0.15) is 0 Å². The van der Waals surface area contributed by atoms with Crippen molar-refractivity contribution in [1.29, 1.82) is 0 Å². The van der Waals surface area contributed by atoms with Gasteiger partial charge in [-0.3, -0.25) is 14.6 Å². The second-order valence-electron chi connectivity index (χ2n) is 9.37. The average Bonchev–Trinajstić information content (AvgIpc) is 2.85. The number of nitrogens with zero attached hydrogens (tertiary/aromatic N) is 2. The van der Waals surface area contributed by atoms with Crippen LogP contribution in [0.2, 0.25) is 5.02 Å². The highest BCUT2D eigenvalue weighted by Crippen LogP contribution is 2.49. The first-order valence-electron chi connectivity index (χ1n) is 12.2. The number of carbonyl (C=O) groups is 2. The molecule has 0 radical (unpaired) electrons. The standard InChI is InChI=1S/C28H33ClN4O2/c1-19-24(26(34)33-16-14-31-15-17-33)25(22-11-6-12-23(29)18-22)28(27(30)35,20(2)32-19)13-7-10-21-8-4-3-5-9-21/h3-6,8-9,11-12,18,20,31H,7,10,13-17H2,1-2H3,(H2,30,35). The molecule has 0 aliphatic carbocycles. The molecule has 0 saturated carbocycles. The lowest BCUT2D eigenvalue weighted by molar-refractivity contribution is -0.127. The third kappa shape index (κ3) is 5.04. The van der Waals surface area contributed by atoms with Crippen molar-refractivity contribution in [1.82, 2.24) is 10.2 Å². The molecule has 2 heterocycles. The number of rotatable bonds is 7. The van der Waals surface area contributed by atoms with Gasteiger partial charge in [-0.25, -0.2) is 0 Å². The van der Waals surface area contributed by atoms with Crippen molar-refractivity contribution in [2.75, 3.05) is 26.2 Å². The van der Waals surface area contributed by atoms with Crippen LogP contribution in [0.3, 0.4) is 0 Å². The van der Waals surface area contributed by atoms with E-state index in [0.717, 1.165) is 31.5 Å². The van der Waals surface area contributed by atoms with Crippen LogP contribution in [0.1, 0.15) is 37.8 Å². The van der Waals surface area contributed by atoms with Gasteiger partial charge in [0.2, 0.25) is 5.91 Å². The summed E-state index contributed by atoms with van der Waals surface area (Å²) >= 11 is 6.40. The fourth-order valence-electron chi connectivity index (χ4n) is 5.41. The van der Waals surface area contributed by atoms with Crippen LogP contribution >= 0.6 is 11.6 Å². The number of piperazine rings is 1. The number of hydrogen-bond acceptors (Lipinski definition) is 4. The molecule has 0 aromatic heterocycles. The Morgan fingerprint density at radius 1 is 1.14 bits per heavy atom. The van der Waals surface area contributed by atoms with Gasteiger partial charge >= 0.3 is 0 Å². The molecule has 2 atom stereocenters. The second-order valence-corrected chi connectivity index (χ2v) is 9.80. The Labute approximate surface area is 212 Å². The summed E-state index contributed by atoms with van der Waals surface area (Å²) in [5.41, 5.74) is 8.80. The molecule has 6 nitrogen and oxygen atoms in total. The van der Waals surface area contributed by atoms with Gasteiger partial charge in [-0.05, 0) is 61.9 Å². The number of halogens is 1. The van der Waals surface area contributed by atoms with Crippen LogP contribution in [0, 0.1) is 5.41 Å². The minimum Gasteiger partial charge on any atom is -0.369 e. The minimum absolute atomic E-state index is 0.108. The number of nitrogens with one attached hydrogen (secondary N) is 1. The Morgan fingerprint density at radius 2 is 1.86 bits per heavy atom. The summed E-state index contributed by atoms with van der Waals surface area (Å²) in [6.07, 6.45) is 2.01. The summed E-state index contributed by atoms with van der Waals surface area (Å²) in [5, 5.41) is 3.83. The summed E-state index contributed by atoms with van der Waals surface area (Å²) < 4.78 is 0. The van der Waals surface area contributed by atoms with Crippen LogP contribution in [-0.2, 0) is 16.0 Å². The second kappa shape index (κ2) is 10.8. The first-order valence-corrected chi connectivity index (χ1v) is 12.6. The average molecular weight is 493 g/mol. The Hall–Kier alpha value is -2.96. The van der Waals surface area contributed by atoms with Crippen LogP contribution in [0.5, 0.6) is 0 Å². The summed E-state index contributed by atoms with van der Waals surface area (Å²) in [4.78, 5) is 34.0. The molecule has 2 aromatic rings. The van der Waals surface area contributed by atoms with E-state index < -0.39 is 17.4 Å². The summed E-state index contributed by atoms with van der Waals surface area (Å²) in [5.74, 6) is -0.571. The van der Waals surface area contributed by atoms with E-state index in [0.29, 0.717) is 41.4 Å². The van der Waals surface area contributed by atoms with Gasteiger partial charge in [0.15, 0.2) is 0 Å². The lowest BCUT2D eigenvalue weighted by Crippen LogP contribution is -2.52. The van der Waals surface area contributed by atoms with Crippen molar-refractivity contribution in [2.24, 2.45) is 16.1 Å². The summed E-state index contributed by atoms with van der Waals surface area (Å²) in [7, 11) is 0. The predicted octanol–water partition coefficient (Wildman–Crippen LogP) is 3.88. The Bertz CT molecular complexity index is 1150. The quantitative estimate of drug-likeness (QED) is 0.614. The molecule has 1 saturated heterocycles. The third-order valence-electron chi connectivity index (χ3n) is 7.21. The number of dihydropyridines is 1. The number of amides is 2. The topological polar surface area (TPSA) is 87.8 Å². The number of aliphatic imine (C=N–C) groups is 1. The van der Waals surface area contributed by atoms with Crippen molar-refractivity contribution in [3.63, 3.8) is 0 Å². The molecule has 2 amide bonds. The van der Waals surface area contributed by atoms with Crippen molar-refractivity contribution in [2.45, 2.75) is 39.2 Å². The highest BCUT2D eigenvalue weighted by molar-refractivity contribution is 6.31. The summed E-state index contributed by atoms with van der Waals surface area (Å²) in [6.45, 7) is 6.45. The van der Waals surface area contributed by atoms with Crippen LogP contribution in [0.25, 0.3) is 5.57 Å². The van der Waals surface area contributed by atoms with Gasteiger partial charge in [-0.15, -0.1) is 0 Å². The number of nitrogens with two attached hydrogens (primary N) is 1. The van der Waals surface area contributed by atoms with Gasteiger partial charge < -0.3 is 16.0 Å². The summed E-state index contributed by atoms with van der Waals surface area (Å²) in [6, 6.07) is 17.1. The van der Waals surface area contributed by atoms with Crippen LogP contribution < -0.4 is 11.1 Å². The normalized spacial score (nSPS) is 22.7. The number of hydrogen-bond donors (Lipinski definition) is 2. The zero-order chi connectivity index (χ0) is 25.0. The van der Waals surface area contributed by atoms with Gasteiger partial charge in [-0.1, -0.05) is 54.1 Å². The molecule has 3 N–H and O–H groups in total. The minimum atomic E-state index is -1.13. The lowest BCUT2D eigenvalue weighted by atomic mass is 9.64. The van der Waals surface area contributed by atoms with E-state index >= 15 is 0 Å². The van der Waals surface area contributed by atoms with E-state index in [1.165, 1.54) is 5.56 Å². The van der Waals surface area contributed by atoms with E-state index in [9.17, 15) is 9.59 Å². The molecule has 184 valence electrons. The molecule has 1 fully saturated rings. The smallest absolute Gasteiger partial charge is 0.256 e. The van der Waals surface area contributed by atoms with E-state index in [4.69, 9.17) is 22.3 Å². The molecule has 2 aliphatic heterocycles. The van der Waals surface area contributed by atoms with Crippen LogP contribution in [0.4, 0.5) is 0 Å².